The van der Waals surface area contributed by atoms with Crippen LogP contribution in [-0.2, 0) is 9.47 Å². The van der Waals surface area contributed by atoms with Crippen molar-refractivity contribution in [2.75, 3.05) is 7.11 Å². The van der Waals surface area contributed by atoms with Gasteiger partial charge >= 0.3 is 11.9 Å². The van der Waals surface area contributed by atoms with Gasteiger partial charge in [-0.15, -0.1) is 0 Å². The van der Waals surface area contributed by atoms with Gasteiger partial charge in [-0.25, -0.2) is 9.59 Å². The molecule has 0 bridgehead atoms. The maximum Gasteiger partial charge on any atom is 0.355 e. The fourth-order valence-corrected chi connectivity index (χ4v) is 3.19. The molecule has 1 aromatic heterocycles. The molecule has 0 saturated carbocycles. The third-order valence-electron chi connectivity index (χ3n) is 4.71. The number of carbonyl (C=O) groups excluding carboxylic acids is 2. The summed E-state index contributed by atoms with van der Waals surface area (Å²) in [6.45, 7) is 1.54. The van der Waals surface area contributed by atoms with Crippen LogP contribution >= 0.6 is 0 Å². The number of methoxy groups -OCH3 is 1. The van der Waals surface area contributed by atoms with Gasteiger partial charge < -0.3 is 29.8 Å². The van der Waals surface area contributed by atoms with Crippen molar-refractivity contribution >= 4 is 18.0 Å². The molecule has 2 heterocycles. The molecule has 0 radical (unpaired) electrons. The number of nitrogens with one attached hydrogen (secondary N) is 1. The highest BCUT2D eigenvalue weighted by molar-refractivity contribution is 5.96. The van der Waals surface area contributed by atoms with E-state index in [0.717, 1.165) is 5.56 Å². The topological polar surface area (TPSA) is 129 Å². The van der Waals surface area contributed by atoms with Gasteiger partial charge in [-0.05, 0) is 18.1 Å². The van der Waals surface area contributed by atoms with E-state index in [1.165, 1.54) is 13.2 Å². The molecule has 4 unspecified atom stereocenters. The van der Waals surface area contributed by atoms with Crippen LogP contribution in [0.15, 0.2) is 36.4 Å². The van der Waals surface area contributed by atoms with Gasteiger partial charge in [-0.1, -0.05) is 42.5 Å². The Morgan fingerprint density at radius 3 is 2.61 bits per heavy atom. The minimum absolute atomic E-state index is 0.0168. The maximum atomic E-state index is 12.3. The van der Waals surface area contributed by atoms with E-state index in [1.807, 2.05) is 30.3 Å². The van der Waals surface area contributed by atoms with Crippen LogP contribution in [-0.4, -0.2) is 57.7 Å². The van der Waals surface area contributed by atoms with Crippen molar-refractivity contribution in [3.8, 4) is 0 Å². The van der Waals surface area contributed by atoms with Crippen LogP contribution in [0, 0.1) is 6.92 Å². The molecule has 148 valence electrons. The highest BCUT2D eigenvalue weighted by atomic mass is 16.6. The molecule has 1 aliphatic rings. The van der Waals surface area contributed by atoms with E-state index in [-0.39, 0.29) is 17.0 Å². The molecule has 0 aliphatic carbocycles. The molecule has 3 rings (SSSR count). The summed E-state index contributed by atoms with van der Waals surface area (Å²) in [5.41, 5.74) is 1.20. The highest BCUT2D eigenvalue weighted by Gasteiger charge is 2.44. The highest BCUT2D eigenvalue weighted by Crippen LogP contribution is 2.35. The SMILES string of the molecule is COC(=O)c1[nH]c2c(c1C)C(O)C(C(O)C(O)C=Cc1ccccc1)OC2=O. The molecular formula is C20H21NO7. The molecule has 4 atom stereocenters. The number of rotatable bonds is 5. The molecule has 28 heavy (non-hydrogen) atoms. The van der Waals surface area contributed by atoms with Crippen LogP contribution in [0.4, 0.5) is 0 Å². The lowest BCUT2D eigenvalue weighted by Gasteiger charge is -2.32. The number of aliphatic hydroxyl groups excluding tert-OH is 3. The smallest absolute Gasteiger partial charge is 0.355 e. The molecule has 4 N–H and O–H groups in total. The van der Waals surface area contributed by atoms with Crippen molar-refractivity contribution < 1.29 is 34.4 Å². The average Bonchev–Trinajstić information content (AvgIpc) is 3.06. The van der Waals surface area contributed by atoms with E-state index in [9.17, 15) is 24.9 Å². The predicted molar refractivity (Wildman–Crippen MR) is 98.5 cm³/mol. The van der Waals surface area contributed by atoms with Gasteiger partial charge in [0, 0.05) is 5.56 Å². The van der Waals surface area contributed by atoms with E-state index in [1.54, 1.807) is 13.0 Å². The average molecular weight is 387 g/mol. The number of benzene rings is 1. The van der Waals surface area contributed by atoms with E-state index in [2.05, 4.69) is 9.72 Å². The second kappa shape index (κ2) is 7.97. The first-order valence-electron chi connectivity index (χ1n) is 8.64. The molecule has 0 spiro atoms. The molecule has 2 aromatic rings. The standard InChI is InChI=1S/C20H21NO7/c1-10-13-15(21-14(10)19(25)27-2)20(26)28-18(17(13)24)16(23)12(22)9-8-11-6-4-3-5-7-11/h3-9,12,16-18,21-24H,1-2H3. The number of hydrogen-bond acceptors (Lipinski definition) is 7. The largest absolute Gasteiger partial charge is 0.464 e. The summed E-state index contributed by atoms with van der Waals surface area (Å²) in [6.07, 6.45) is -2.86. The zero-order chi connectivity index (χ0) is 20.4. The lowest BCUT2D eigenvalue weighted by atomic mass is 9.92. The second-order valence-electron chi connectivity index (χ2n) is 6.47. The lowest BCUT2D eigenvalue weighted by molar-refractivity contribution is -0.109. The summed E-state index contributed by atoms with van der Waals surface area (Å²) in [4.78, 5) is 26.7. The van der Waals surface area contributed by atoms with Crippen LogP contribution in [0.2, 0.25) is 0 Å². The Balaban J connectivity index is 1.84. The molecule has 8 nitrogen and oxygen atoms in total. The minimum atomic E-state index is -1.58. The predicted octanol–water partition coefficient (Wildman–Crippen LogP) is 1.12. The molecule has 0 amide bonds. The Morgan fingerprint density at radius 2 is 1.96 bits per heavy atom. The molecule has 0 fully saturated rings. The summed E-state index contributed by atoms with van der Waals surface area (Å²) in [5, 5.41) is 31.4. The Hall–Kier alpha value is -2.94. The number of aromatic nitrogens is 1. The number of ether oxygens (including phenoxy) is 2. The molecule has 0 saturated heterocycles. The van der Waals surface area contributed by atoms with Crippen LogP contribution < -0.4 is 0 Å². The van der Waals surface area contributed by atoms with Crippen molar-refractivity contribution in [2.24, 2.45) is 0 Å². The summed E-state index contributed by atoms with van der Waals surface area (Å²) in [7, 11) is 1.19. The van der Waals surface area contributed by atoms with Crippen LogP contribution in [0.25, 0.3) is 6.08 Å². The zero-order valence-corrected chi connectivity index (χ0v) is 15.3. The van der Waals surface area contributed by atoms with Crippen LogP contribution in [0.3, 0.4) is 0 Å². The number of esters is 2. The second-order valence-corrected chi connectivity index (χ2v) is 6.47. The number of fused-ring (bicyclic) bond motifs is 1. The van der Waals surface area contributed by atoms with Gasteiger partial charge in [0.15, 0.2) is 6.10 Å². The molecule has 1 aromatic carbocycles. The van der Waals surface area contributed by atoms with Crippen molar-refractivity contribution in [1.82, 2.24) is 4.98 Å². The monoisotopic (exact) mass is 387 g/mol. The molecular weight excluding hydrogens is 366 g/mol. The van der Waals surface area contributed by atoms with Crippen molar-refractivity contribution in [3.05, 3.63) is 64.5 Å². The summed E-state index contributed by atoms with van der Waals surface area (Å²) in [6, 6.07) is 9.12. The van der Waals surface area contributed by atoms with Crippen LogP contribution in [0.1, 0.15) is 43.8 Å². The first-order chi connectivity index (χ1) is 13.3. The Morgan fingerprint density at radius 1 is 1.29 bits per heavy atom. The zero-order valence-electron chi connectivity index (χ0n) is 15.3. The third kappa shape index (κ3) is 3.57. The minimum Gasteiger partial charge on any atom is -0.464 e. The quantitative estimate of drug-likeness (QED) is 0.566. The van der Waals surface area contributed by atoms with Crippen molar-refractivity contribution in [3.63, 3.8) is 0 Å². The van der Waals surface area contributed by atoms with Gasteiger partial charge in [0.1, 0.15) is 29.7 Å². The number of cyclic esters (lactones) is 1. The number of hydrogen-bond donors (Lipinski definition) is 4. The van der Waals surface area contributed by atoms with Crippen molar-refractivity contribution in [2.45, 2.75) is 31.3 Å². The lowest BCUT2D eigenvalue weighted by Crippen LogP contribution is -2.46. The number of aromatic amines is 1. The summed E-state index contributed by atoms with van der Waals surface area (Å²) in [5.74, 6) is -1.54. The number of carbonyl (C=O) groups is 2. The van der Waals surface area contributed by atoms with E-state index in [0.29, 0.717) is 5.56 Å². The normalized spacial score (nSPS) is 21.1. The van der Waals surface area contributed by atoms with Crippen molar-refractivity contribution in [1.29, 1.82) is 0 Å². The summed E-state index contributed by atoms with van der Waals surface area (Å²) < 4.78 is 9.77. The molecule has 1 aliphatic heterocycles. The first-order valence-corrected chi connectivity index (χ1v) is 8.64. The van der Waals surface area contributed by atoms with Gasteiger partial charge in [-0.2, -0.15) is 0 Å². The summed E-state index contributed by atoms with van der Waals surface area (Å²) >= 11 is 0. The molecule has 8 heteroatoms. The van der Waals surface area contributed by atoms with E-state index < -0.39 is 36.4 Å². The Bertz CT molecular complexity index is 903. The van der Waals surface area contributed by atoms with Gasteiger partial charge in [-0.3, -0.25) is 0 Å². The Kier molecular flexibility index (Phi) is 5.64. The maximum absolute atomic E-state index is 12.3. The fraction of sp³-hybridized carbons (Fsp3) is 0.300. The van der Waals surface area contributed by atoms with E-state index in [4.69, 9.17) is 4.74 Å². The van der Waals surface area contributed by atoms with Gasteiger partial charge in [0.2, 0.25) is 0 Å². The number of H-pyrrole nitrogens is 1. The van der Waals surface area contributed by atoms with E-state index >= 15 is 0 Å². The first kappa shape index (κ1) is 19.8. The number of aliphatic hydroxyl groups is 3. The third-order valence-corrected chi connectivity index (χ3v) is 4.71. The van der Waals surface area contributed by atoms with Crippen LogP contribution in [0.5, 0.6) is 0 Å². The fourth-order valence-electron chi connectivity index (χ4n) is 3.19. The van der Waals surface area contributed by atoms with Gasteiger partial charge in [0.05, 0.1) is 7.11 Å². The Labute approximate surface area is 161 Å². The van der Waals surface area contributed by atoms with Gasteiger partial charge in [0.25, 0.3) is 0 Å².